The maximum absolute atomic E-state index is 12.2. The van der Waals surface area contributed by atoms with Crippen LogP contribution < -0.4 is 19.7 Å². The molecule has 25 heavy (non-hydrogen) atoms. The molecule has 0 unspecified atom stereocenters. The van der Waals surface area contributed by atoms with E-state index >= 15 is 0 Å². The Kier molecular flexibility index (Phi) is 5.16. The molecule has 6 nitrogen and oxygen atoms in total. The predicted molar refractivity (Wildman–Crippen MR) is 97.7 cm³/mol. The molecule has 0 aliphatic carbocycles. The number of benzene rings is 1. The highest BCUT2D eigenvalue weighted by atomic mass is 16.5. The maximum Gasteiger partial charge on any atom is 0.253 e. The molecule has 1 aromatic carbocycles. The summed E-state index contributed by atoms with van der Waals surface area (Å²) in [6.45, 7) is 4.45. The number of rotatable bonds is 6. The van der Waals surface area contributed by atoms with Gasteiger partial charge in [0, 0.05) is 55.4 Å². The molecule has 134 valence electrons. The van der Waals surface area contributed by atoms with E-state index in [4.69, 9.17) is 9.47 Å². The molecule has 1 fully saturated rings. The van der Waals surface area contributed by atoms with Crippen molar-refractivity contribution in [3.05, 3.63) is 41.7 Å². The van der Waals surface area contributed by atoms with Crippen LogP contribution >= 0.6 is 0 Å². The van der Waals surface area contributed by atoms with Crippen LogP contribution in [0, 0.1) is 12.8 Å². The van der Waals surface area contributed by atoms with Gasteiger partial charge in [0.2, 0.25) is 0 Å². The standard InChI is InChI=1S/C19H25N3O3/c1-13-18(4-6-20-13)19(23)21-11-14-5-7-22(12-14)15-8-16(24-2)10-17(9-15)25-3/h4,6,8-10,14,20H,5,7,11-12H2,1-3H3,(H,21,23)/t14-/m1/s1. The van der Waals surface area contributed by atoms with E-state index in [1.165, 1.54) is 0 Å². The number of anilines is 1. The monoisotopic (exact) mass is 343 g/mol. The molecule has 1 aliphatic heterocycles. The molecule has 3 rings (SSSR count). The normalized spacial score (nSPS) is 16.8. The van der Waals surface area contributed by atoms with Crippen molar-refractivity contribution in [2.24, 2.45) is 5.92 Å². The van der Waals surface area contributed by atoms with Gasteiger partial charge in [-0.2, -0.15) is 0 Å². The quantitative estimate of drug-likeness (QED) is 0.846. The molecular weight excluding hydrogens is 318 g/mol. The van der Waals surface area contributed by atoms with E-state index in [0.29, 0.717) is 18.0 Å². The lowest BCUT2D eigenvalue weighted by Gasteiger charge is -2.20. The van der Waals surface area contributed by atoms with E-state index in [9.17, 15) is 4.79 Å². The van der Waals surface area contributed by atoms with Gasteiger partial charge in [0.1, 0.15) is 11.5 Å². The first-order chi connectivity index (χ1) is 12.1. The molecule has 2 aromatic rings. The number of carbonyl (C=O) groups is 1. The van der Waals surface area contributed by atoms with E-state index in [2.05, 4.69) is 15.2 Å². The third kappa shape index (κ3) is 3.90. The molecule has 1 amide bonds. The fourth-order valence-corrected chi connectivity index (χ4v) is 3.24. The first-order valence-corrected chi connectivity index (χ1v) is 8.51. The van der Waals surface area contributed by atoms with Crippen LogP contribution in [0.4, 0.5) is 5.69 Å². The Balaban J connectivity index is 1.58. The maximum atomic E-state index is 12.2. The minimum absolute atomic E-state index is 0.0137. The Bertz CT molecular complexity index is 719. The number of amides is 1. The van der Waals surface area contributed by atoms with Crippen LogP contribution in [-0.2, 0) is 0 Å². The van der Waals surface area contributed by atoms with Crippen LogP contribution in [0.5, 0.6) is 11.5 Å². The highest BCUT2D eigenvalue weighted by Gasteiger charge is 2.24. The molecule has 2 heterocycles. The largest absolute Gasteiger partial charge is 0.497 e. The fourth-order valence-electron chi connectivity index (χ4n) is 3.24. The topological polar surface area (TPSA) is 66.6 Å². The SMILES string of the molecule is COc1cc(OC)cc(N2CC[C@H](CNC(=O)c3cc[nH]c3C)C2)c1. The second kappa shape index (κ2) is 7.51. The minimum Gasteiger partial charge on any atom is -0.497 e. The van der Waals surface area contributed by atoms with Crippen molar-refractivity contribution < 1.29 is 14.3 Å². The van der Waals surface area contributed by atoms with Gasteiger partial charge in [-0.25, -0.2) is 0 Å². The first-order valence-electron chi connectivity index (χ1n) is 8.51. The number of methoxy groups -OCH3 is 2. The molecule has 2 N–H and O–H groups in total. The third-order valence-electron chi connectivity index (χ3n) is 4.74. The van der Waals surface area contributed by atoms with Crippen molar-refractivity contribution in [1.82, 2.24) is 10.3 Å². The molecule has 1 atom stereocenters. The Morgan fingerprint density at radius 3 is 2.60 bits per heavy atom. The van der Waals surface area contributed by atoms with Crippen molar-refractivity contribution >= 4 is 11.6 Å². The highest BCUT2D eigenvalue weighted by molar-refractivity contribution is 5.95. The number of aromatic nitrogens is 1. The van der Waals surface area contributed by atoms with Crippen LogP contribution in [0.2, 0.25) is 0 Å². The summed E-state index contributed by atoms with van der Waals surface area (Å²) in [6.07, 6.45) is 2.84. The summed E-state index contributed by atoms with van der Waals surface area (Å²) in [4.78, 5) is 17.6. The van der Waals surface area contributed by atoms with Crippen LogP contribution in [0.15, 0.2) is 30.5 Å². The zero-order chi connectivity index (χ0) is 17.8. The van der Waals surface area contributed by atoms with Gasteiger partial charge in [0.15, 0.2) is 0 Å². The molecule has 1 saturated heterocycles. The molecule has 0 radical (unpaired) electrons. The molecule has 1 aromatic heterocycles. The summed E-state index contributed by atoms with van der Waals surface area (Å²) >= 11 is 0. The van der Waals surface area contributed by atoms with E-state index in [1.807, 2.05) is 31.2 Å². The van der Waals surface area contributed by atoms with E-state index in [-0.39, 0.29) is 5.91 Å². The van der Waals surface area contributed by atoms with Crippen LogP contribution in [0.1, 0.15) is 22.5 Å². The first kappa shape index (κ1) is 17.2. The van der Waals surface area contributed by atoms with Crippen molar-refractivity contribution in [3.8, 4) is 11.5 Å². The van der Waals surface area contributed by atoms with Gasteiger partial charge in [-0.15, -0.1) is 0 Å². The smallest absolute Gasteiger partial charge is 0.253 e. The molecule has 0 saturated carbocycles. The lowest BCUT2D eigenvalue weighted by Crippen LogP contribution is -2.31. The minimum atomic E-state index is -0.0137. The number of H-pyrrole nitrogens is 1. The van der Waals surface area contributed by atoms with Crippen molar-refractivity contribution in [2.45, 2.75) is 13.3 Å². The lowest BCUT2D eigenvalue weighted by atomic mass is 10.1. The number of carbonyl (C=O) groups excluding carboxylic acids is 1. The van der Waals surface area contributed by atoms with E-state index in [1.54, 1.807) is 20.4 Å². The van der Waals surface area contributed by atoms with Gasteiger partial charge >= 0.3 is 0 Å². The number of hydrogen-bond acceptors (Lipinski definition) is 4. The average Bonchev–Trinajstić information content (AvgIpc) is 3.28. The zero-order valence-electron chi connectivity index (χ0n) is 15.0. The second-order valence-corrected chi connectivity index (χ2v) is 6.40. The van der Waals surface area contributed by atoms with Crippen LogP contribution in [0.3, 0.4) is 0 Å². The Labute approximate surface area is 148 Å². The summed E-state index contributed by atoms with van der Waals surface area (Å²) in [5, 5.41) is 3.05. The van der Waals surface area contributed by atoms with Crippen LogP contribution in [-0.4, -0.2) is 44.7 Å². The number of ether oxygens (including phenoxy) is 2. The number of nitrogens with zero attached hydrogens (tertiary/aromatic N) is 1. The summed E-state index contributed by atoms with van der Waals surface area (Å²) < 4.78 is 10.7. The van der Waals surface area contributed by atoms with Crippen molar-refractivity contribution in [3.63, 3.8) is 0 Å². The molecule has 0 spiro atoms. The lowest BCUT2D eigenvalue weighted by molar-refractivity contribution is 0.0948. The molecule has 1 aliphatic rings. The Hall–Kier alpha value is -2.63. The van der Waals surface area contributed by atoms with Crippen molar-refractivity contribution in [2.75, 3.05) is 38.8 Å². The number of nitrogens with one attached hydrogen (secondary N) is 2. The zero-order valence-corrected chi connectivity index (χ0v) is 15.0. The van der Waals surface area contributed by atoms with Gasteiger partial charge in [-0.1, -0.05) is 0 Å². The molecular formula is C19H25N3O3. The van der Waals surface area contributed by atoms with E-state index < -0.39 is 0 Å². The molecule has 6 heteroatoms. The van der Waals surface area contributed by atoms with Crippen LogP contribution in [0.25, 0.3) is 0 Å². The molecule has 0 bridgehead atoms. The average molecular weight is 343 g/mol. The summed E-state index contributed by atoms with van der Waals surface area (Å²) in [7, 11) is 3.31. The van der Waals surface area contributed by atoms with Gasteiger partial charge in [0.05, 0.1) is 19.8 Å². The summed E-state index contributed by atoms with van der Waals surface area (Å²) in [5.74, 6) is 1.99. The Morgan fingerprint density at radius 1 is 1.28 bits per heavy atom. The second-order valence-electron chi connectivity index (χ2n) is 6.40. The van der Waals surface area contributed by atoms with E-state index in [0.717, 1.165) is 42.4 Å². The fraction of sp³-hybridized carbons (Fsp3) is 0.421. The van der Waals surface area contributed by atoms with Gasteiger partial charge in [0.25, 0.3) is 5.91 Å². The number of aromatic amines is 1. The highest BCUT2D eigenvalue weighted by Crippen LogP contribution is 2.31. The van der Waals surface area contributed by atoms with Crippen molar-refractivity contribution in [1.29, 1.82) is 0 Å². The third-order valence-corrected chi connectivity index (χ3v) is 4.74. The van der Waals surface area contributed by atoms with Gasteiger partial charge in [-0.3, -0.25) is 4.79 Å². The Morgan fingerprint density at radius 2 is 2.00 bits per heavy atom. The van der Waals surface area contributed by atoms with Gasteiger partial charge < -0.3 is 24.7 Å². The summed E-state index contributed by atoms with van der Waals surface area (Å²) in [6, 6.07) is 7.73. The summed E-state index contributed by atoms with van der Waals surface area (Å²) in [5.41, 5.74) is 2.70. The van der Waals surface area contributed by atoms with Gasteiger partial charge in [-0.05, 0) is 25.3 Å². The number of hydrogen-bond donors (Lipinski definition) is 2. The predicted octanol–water partition coefficient (Wildman–Crippen LogP) is 2.60. The number of aryl methyl sites for hydroxylation is 1.